The quantitative estimate of drug-likeness (QED) is 0.708. The molecule has 0 aliphatic carbocycles. The summed E-state index contributed by atoms with van der Waals surface area (Å²) in [5, 5.41) is 0. The third-order valence-electron chi connectivity index (χ3n) is 1.73. The standard InChI is InChI=1S/C10H12FNO3/c1-3-15-9(13)5-7-4-8(11)6-12-10(7)14-2/h4,6H,3,5H2,1-2H3. The molecule has 1 rings (SSSR count). The maximum absolute atomic E-state index is 12.8. The zero-order valence-corrected chi connectivity index (χ0v) is 8.62. The minimum absolute atomic E-state index is 0.0399. The highest BCUT2D eigenvalue weighted by Crippen LogP contribution is 2.16. The van der Waals surface area contributed by atoms with Crippen LogP contribution >= 0.6 is 0 Å². The van der Waals surface area contributed by atoms with Gasteiger partial charge in [-0.15, -0.1) is 0 Å². The van der Waals surface area contributed by atoms with Crippen LogP contribution in [0.15, 0.2) is 12.3 Å². The maximum Gasteiger partial charge on any atom is 0.310 e. The van der Waals surface area contributed by atoms with Crippen LogP contribution in [0.25, 0.3) is 0 Å². The lowest BCUT2D eigenvalue weighted by atomic mass is 10.2. The topological polar surface area (TPSA) is 48.4 Å². The molecule has 5 heteroatoms. The number of carbonyl (C=O) groups excluding carboxylic acids is 1. The molecule has 0 unspecified atom stereocenters. The van der Waals surface area contributed by atoms with E-state index < -0.39 is 11.8 Å². The summed E-state index contributed by atoms with van der Waals surface area (Å²) in [6.45, 7) is 2.00. The van der Waals surface area contributed by atoms with Crippen molar-refractivity contribution in [3.63, 3.8) is 0 Å². The third-order valence-corrected chi connectivity index (χ3v) is 1.73. The van der Waals surface area contributed by atoms with Crippen LogP contribution in [0.2, 0.25) is 0 Å². The van der Waals surface area contributed by atoms with Gasteiger partial charge in [0.25, 0.3) is 0 Å². The smallest absolute Gasteiger partial charge is 0.310 e. The van der Waals surface area contributed by atoms with E-state index in [1.165, 1.54) is 13.2 Å². The van der Waals surface area contributed by atoms with Gasteiger partial charge in [-0.05, 0) is 13.0 Å². The Balaban J connectivity index is 2.82. The average Bonchev–Trinajstić information content (AvgIpc) is 2.18. The summed E-state index contributed by atoms with van der Waals surface area (Å²) >= 11 is 0. The van der Waals surface area contributed by atoms with Gasteiger partial charge in [0.15, 0.2) is 0 Å². The minimum Gasteiger partial charge on any atom is -0.481 e. The molecule has 15 heavy (non-hydrogen) atoms. The number of hydrogen-bond donors (Lipinski definition) is 0. The summed E-state index contributed by atoms with van der Waals surface area (Å²) in [7, 11) is 1.41. The van der Waals surface area contributed by atoms with E-state index in [4.69, 9.17) is 9.47 Å². The lowest BCUT2D eigenvalue weighted by Crippen LogP contribution is -2.09. The SMILES string of the molecule is CCOC(=O)Cc1cc(F)cnc1OC. The summed E-state index contributed by atoms with van der Waals surface area (Å²) in [6.07, 6.45) is 0.995. The van der Waals surface area contributed by atoms with Crippen LogP contribution in [0.5, 0.6) is 5.88 Å². The molecule has 0 bridgehead atoms. The molecule has 0 saturated carbocycles. The van der Waals surface area contributed by atoms with Gasteiger partial charge < -0.3 is 9.47 Å². The van der Waals surface area contributed by atoms with Crippen molar-refractivity contribution in [2.45, 2.75) is 13.3 Å². The first-order valence-electron chi connectivity index (χ1n) is 4.51. The predicted molar refractivity (Wildman–Crippen MR) is 51.1 cm³/mol. The largest absolute Gasteiger partial charge is 0.481 e. The van der Waals surface area contributed by atoms with Crippen LogP contribution in [0.4, 0.5) is 4.39 Å². The van der Waals surface area contributed by atoms with E-state index in [-0.39, 0.29) is 12.3 Å². The van der Waals surface area contributed by atoms with Gasteiger partial charge in [0, 0.05) is 5.56 Å². The van der Waals surface area contributed by atoms with E-state index >= 15 is 0 Å². The molecule has 0 aliphatic heterocycles. The molecule has 1 aromatic heterocycles. The van der Waals surface area contributed by atoms with Gasteiger partial charge in [-0.1, -0.05) is 0 Å². The third kappa shape index (κ3) is 3.19. The molecular weight excluding hydrogens is 201 g/mol. The summed E-state index contributed by atoms with van der Waals surface area (Å²) in [6, 6.07) is 1.21. The lowest BCUT2D eigenvalue weighted by molar-refractivity contribution is -0.142. The Morgan fingerprint density at radius 2 is 2.33 bits per heavy atom. The molecule has 1 heterocycles. The Labute approximate surface area is 87.0 Å². The first-order valence-corrected chi connectivity index (χ1v) is 4.51. The van der Waals surface area contributed by atoms with Crippen molar-refractivity contribution < 1.29 is 18.7 Å². The summed E-state index contributed by atoms with van der Waals surface area (Å²) in [4.78, 5) is 14.9. The summed E-state index contributed by atoms with van der Waals surface area (Å²) < 4.78 is 22.5. The van der Waals surface area contributed by atoms with Crippen LogP contribution in [0.3, 0.4) is 0 Å². The van der Waals surface area contributed by atoms with Crippen LogP contribution in [0.1, 0.15) is 12.5 Å². The molecule has 0 aromatic carbocycles. The number of halogens is 1. The Bertz CT molecular complexity index is 355. The van der Waals surface area contributed by atoms with Crippen molar-refractivity contribution in [2.75, 3.05) is 13.7 Å². The minimum atomic E-state index is -0.505. The van der Waals surface area contributed by atoms with Crippen LogP contribution < -0.4 is 4.74 Å². The van der Waals surface area contributed by atoms with Crippen molar-refractivity contribution >= 4 is 5.97 Å². The van der Waals surface area contributed by atoms with Gasteiger partial charge in [-0.3, -0.25) is 4.79 Å². The number of esters is 1. The van der Waals surface area contributed by atoms with E-state index in [0.29, 0.717) is 12.2 Å². The zero-order chi connectivity index (χ0) is 11.3. The fourth-order valence-electron chi connectivity index (χ4n) is 1.15. The first-order chi connectivity index (χ1) is 7.17. The van der Waals surface area contributed by atoms with Crippen LogP contribution in [0, 0.1) is 5.82 Å². The van der Waals surface area contributed by atoms with Crippen molar-refractivity contribution in [3.8, 4) is 5.88 Å². The summed E-state index contributed by atoms with van der Waals surface area (Å²) in [5.74, 6) is -0.692. The lowest BCUT2D eigenvalue weighted by Gasteiger charge is -2.06. The van der Waals surface area contributed by atoms with Gasteiger partial charge in [-0.2, -0.15) is 0 Å². The van der Waals surface area contributed by atoms with Gasteiger partial charge >= 0.3 is 5.97 Å². The number of nitrogens with zero attached hydrogens (tertiary/aromatic N) is 1. The van der Waals surface area contributed by atoms with Gasteiger partial charge in [-0.25, -0.2) is 9.37 Å². The maximum atomic E-state index is 12.8. The van der Waals surface area contributed by atoms with Gasteiger partial charge in [0.1, 0.15) is 5.82 Å². The number of methoxy groups -OCH3 is 1. The highest BCUT2D eigenvalue weighted by molar-refractivity contribution is 5.73. The van der Waals surface area contributed by atoms with E-state index in [0.717, 1.165) is 6.20 Å². The average molecular weight is 213 g/mol. The van der Waals surface area contributed by atoms with E-state index in [1.54, 1.807) is 6.92 Å². The molecule has 0 spiro atoms. The number of aromatic nitrogens is 1. The molecule has 4 nitrogen and oxygen atoms in total. The number of ether oxygens (including phenoxy) is 2. The van der Waals surface area contributed by atoms with Crippen molar-refractivity contribution in [1.29, 1.82) is 0 Å². The van der Waals surface area contributed by atoms with Gasteiger partial charge in [0.05, 0.1) is 26.3 Å². The molecule has 82 valence electrons. The number of carbonyl (C=O) groups is 1. The molecule has 1 aromatic rings. The predicted octanol–water partition coefficient (Wildman–Crippen LogP) is 1.33. The normalized spacial score (nSPS) is 9.80. The molecule has 0 N–H and O–H groups in total. The zero-order valence-electron chi connectivity index (χ0n) is 8.62. The van der Waals surface area contributed by atoms with Crippen LogP contribution in [-0.4, -0.2) is 24.7 Å². The van der Waals surface area contributed by atoms with Crippen LogP contribution in [-0.2, 0) is 16.0 Å². The highest BCUT2D eigenvalue weighted by Gasteiger charge is 2.11. The molecule has 0 amide bonds. The van der Waals surface area contributed by atoms with E-state index in [1.807, 2.05) is 0 Å². The molecule has 0 aliphatic rings. The molecule has 0 fully saturated rings. The molecular formula is C10H12FNO3. The number of pyridine rings is 1. The Hall–Kier alpha value is -1.65. The Morgan fingerprint density at radius 3 is 2.93 bits per heavy atom. The highest BCUT2D eigenvalue weighted by atomic mass is 19.1. The summed E-state index contributed by atoms with van der Waals surface area (Å²) in [5.41, 5.74) is 0.385. The second kappa shape index (κ2) is 5.29. The van der Waals surface area contributed by atoms with E-state index in [2.05, 4.69) is 4.98 Å². The molecule has 0 atom stereocenters. The monoisotopic (exact) mass is 213 g/mol. The molecule has 0 saturated heterocycles. The number of rotatable bonds is 4. The van der Waals surface area contributed by atoms with Gasteiger partial charge in [0.2, 0.25) is 5.88 Å². The number of hydrogen-bond acceptors (Lipinski definition) is 4. The first kappa shape index (κ1) is 11.4. The second-order valence-electron chi connectivity index (χ2n) is 2.80. The molecule has 0 radical (unpaired) electrons. The van der Waals surface area contributed by atoms with Crippen molar-refractivity contribution in [1.82, 2.24) is 4.98 Å². The van der Waals surface area contributed by atoms with E-state index in [9.17, 15) is 9.18 Å². The fraction of sp³-hybridized carbons (Fsp3) is 0.400. The Kier molecular flexibility index (Phi) is 4.03. The fourth-order valence-corrected chi connectivity index (χ4v) is 1.15. The van der Waals surface area contributed by atoms with Crippen molar-refractivity contribution in [2.24, 2.45) is 0 Å². The van der Waals surface area contributed by atoms with Crippen molar-refractivity contribution in [3.05, 3.63) is 23.6 Å². The Morgan fingerprint density at radius 1 is 1.60 bits per heavy atom. The second-order valence-corrected chi connectivity index (χ2v) is 2.80.